The summed E-state index contributed by atoms with van der Waals surface area (Å²) in [5.74, 6) is -1.32. The van der Waals surface area contributed by atoms with Crippen molar-refractivity contribution in [2.24, 2.45) is 0 Å². The van der Waals surface area contributed by atoms with E-state index in [4.69, 9.17) is 21.1 Å². The van der Waals surface area contributed by atoms with E-state index in [2.05, 4.69) is 4.98 Å². The van der Waals surface area contributed by atoms with Crippen LogP contribution in [0.1, 0.15) is 16.1 Å². The summed E-state index contributed by atoms with van der Waals surface area (Å²) in [6.07, 6.45) is 1.40. The average Bonchev–Trinajstić information content (AvgIpc) is 2.76. The lowest BCUT2D eigenvalue weighted by molar-refractivity contribution is -0.384. The number of non-ortho nitro benzene ring substituents is 1. The Bertz CT molecular complexity index is 700. The molecule has 0 aliphatic rings. The molecule has 0 fully saturated rings. The molecule has 1 N–H and O–H groups in total. The van der Waals surface area contributed by atoms with E-state index in [1.54, 1.807) is 6.92 Å². The van der Waals surface area contributed by atoms with Crippen LogP contribution in [-0.4, -0.2) is 21.0 Å². The predicted molar refractivity (Wildman–Crippen MR) is 70.4 cm³/mol. The largest absolute Gasteiger partial charge is 0.478 e. The molecular formula is C11H7ClN2O5S. The van der Waals surface area contributed by atoms with Crippen LogP contribution in [0.3, 0.4) is 0 Å². The van der Waals surface area contributed by atoms with Crippen molar-refractivity contribution in [1.82, 2.24) is 4.98 Å². The molecule has 0 unspecified atom stereocenters. The van der Waals surface area contributed by atoms with Crippen LogP contribution in [0.2, 0.25) is 5.02 Å². The maximum Gasteiger partial charge on any atom is 0.337 e. The first-order valence-electron chi connectivity index (χ1n) is 5.19. The standard InChI is InChI=1S/C11H7ClN2O5S/c1-5-4-19-11(13-5)20-9-7(10(15)16)2-6(14(17)18)3-8(9)12/h2-4H,1H3,(H,15,16). The first-order valence-corrected chi connectivity index (χ1v) is 6.39. The van der Waals surface area contributed by atoms with E-state index < -0.39 is 10.9 Å². The number of nitro groups is 1. The normalized spacial score (nSPS) is 10.5. The molecule has 0 bridgehead atoms. The number of benzene rings is 1. The number of carbonyl (C=O) groups is 1. The second kappa shape index (κ2) is 5.51. The maximum atomic E-state index is 11.2. The van der Waals surface area contributed by atoms with E-state index in [-0.39, 0.29) is 26.4 Å². The van der Waals surface area contributed by atoms with Gasteiger partial charge in [-0.25, -0.2) is 9.78 Å². The third-order valence-corrected chi connectivity index (χ3v) is 3.67. The van der Waals surface area contributed by atoms with Crippen LogP contribution in [0.25, 0.3) is 0 Å². The smallest absolute Gasteiger partial charge is 0.337 e. The van der Waals surface area contributed by atoms with Crippen molar-refractivity contribution >= 4 is 35.0 Å². The number of carboxylic acids is 1. The minimum absolute atomic E-state index is 0.0440. The summed E-state index contributed by atoms with van der Waals surface area (Å²) < 4.78 is 5.10. The number of carboxylic acid groups (broad SMARTS) is 1. The maximum absolute atomic E-state index is 11.2. The van der Waals surface area contributed by atoms with Gasteiger partial charge in [-0.05, 0) is 18.7 Å². The zero-order valence-electron chi connectivity index (χ0n) is 9.99. The molecule has 1 heterocycles. The van der Waals surface area contributed by atoms with E-state index in [0.29, 0.717) is 5.69 Å². The summed E-state index contributed by atoms with van der Waals surface area (Å²) in [4.78, 5) is 25.4. The van der Waals surface area contributed by atoms with Crippen molar-refractivity contribution in [2.45, 2.75) is 17.0 Å². The van der Waals surface area contributed by atoms with E-state index in [9.17, 15) is 14.9 Å². The van der Waals surface area contributed by atoms with Crippen molar-refractivity contribution in [3.8, 4) is 0 Å². The lowest BCUT2D eigenvalue weighted by atomic mass is 10.2. The Balaban J connectivity index is 2.51. The number of halogens is 1. The highest BCUT2D eigenvalue weighted by Crippen LogP contribution is 2.38. The molecule has 1 aromatic carbocycles. The van der Waals surface area contributed by atoms with E-state index in [0.717, 1.165) is 23.9 Å². The van der Waals surface area contributed by atoms with Crippen molar-refractivity contribution < 1.29 is 19.2 Å². The van der Waals surface area contributed by atoms with Gasteiger partial charge in [0.1, 0.15) is 6.26 Å². The number of nitrogens with zero attached hydrogens (tertiary/aromatic N) is 2. The fourth-order valence-electron chi connectivity index (χ4n) is 1.41. The van der Waals surface area contributed by atoms with Gasteiger partial charge in [0, 0.05) is 12.1 Å². The lowest BCUT2D eigenvalue weighted by Gasteiger charge is -2.05. The quantitative estimate of drug-likeness (QED) is 0.680. The highest BCUT2D eigenvalue weighted by atomic mass is 35.5. The van der Waals surface area contributed by atoms with Gasteiger partial charge in [-0.3, -0.25) is 10.1 Å². The lowest BCUT2D eigenvalue weighted by Crippen LogP contribution is -2.01. The van der Waals surface area contributed by atoms with Gasteiger partial charge in [0.2, 0.25) is 0 Å². The molecular weight excluding hydrogens is 308 g/mol. The second-order valence-electron chi connectivity index (χ2n) is 3.72. The highest BCUT2D eigenvalue weighted by molar-refractivity contribution is 7.99. The molecule has 9 heteroatoms. The van der Waals surface area contributed by atoms with Crippen molar-refractivity contribution in [1.29, 1.82) is 0 Å². The second-order valence-corrected chi connectivity index (χ2v) is 5.09. The molecule has 1 aromatic heterocycles. The van der Waals surface area contributed by atoms with Gasteiger partial charge >= 0.3 is 5.97 Å². The Labute approximate surface area is 121 Å². The Morgan fingerprint density at radius 3 is 2.75 bits per heavy atom. The summed E-state index contributed by atoms with van der Waals surface area (Å²) in [5.41, 5.74) is -0.0344. The number of hydrogen-bond acceptors (Lipinski definition) is 6. The zero-order chi connectivity index (χ0) is 14.9. The van der Waals surface area contributed by atoms with Crippen LogP contribution in [0.5, 0.6) is 0 Å². The van der Waals surface area contributed by atoms with Gasteiger partial charge in [-0.1, -0.05) is 11.6 Å². The summed E-state index contributed by atoms with van der Waals surface area (Å²) in [6.45, 7) is 1.71. The Morgan fingerprint density at radius 1 is 1.55 bits per heavy atom. The number of aryl methyl sites for hydroxylation is 1. The Hall–Kier alpha value is -2.06. The van der Waals surface area contributed by atoms with Gasteiger partial charge in [-0.15, -0.1) is 0 Å². The number of rotatable bonds is 4. The molecule has 0 saturated carbocycles. The fourth-order valence-corrected chi connectivity index (χ4v) is 2.62. The summed E-state index contributed by atoms with van der Waals surface area (Å²) >= 11 is 6.82. The molecule has 2 aromatic rings. The van der Waals surface area contributed by atoms with E-state index >= 15 is 0 Å². The molecule has 0 aliphatic carbocycles. The SMILES string of the molecule is Cc1coc(Sc2c(Cl)cc([N+](=O)[O-])cc2C(=O)O)n1. The summed E-state index contributed by atoms with van der Waals surface area (Å²) in [5, 5.41) is 20.0. The van der Waals surface area contributed by atoms with Crippen LogP contribution < -0.4 is 0 Å². The first kappa shape index (κ1) is 14.4. The fraction of sp³-hybridized carbons (Fsp3) is 0.0909. The minimum atomic E-state index is -1.32. The number of aromatic carboxylic acids is 1. The summed E-state index contributed by atoms with van der Waals surface area (Å²) in [7, 11) is 0. The van der Waals surface area contributed by atoms with Crippen LogP contribution in [0.15, 0.2) is 32.9 Å². The zero-order valence-corrected chi connectivity index (χ0v) is 11.6. The molecule has 0 spiro atoms. The molecule has 0 radical (unpaired) electrons. The van der Waals surface area contributed by atoms with Crippen molar-refractivity contribution in [2.75, 3.05) is 0 Å². The molecule has 2 rings (SSSR count). The molecule has 0 amide bonds. The number of hydrogen-bond donors (Lipinski definition) is 1. The number of nitro benzene ring substituents is 1. The molecule has 7 nitrogen and oxygen atoms in total. The van der Waals surface area contributed by atoms with Crippen LogP contribution in [0.4, 0.5) is 5.69 Å². The van der Waals surface area contributed by atoms with Gasteiger partial charge in [0.05, 0.1) is 26.1 Å². The van der Waals surface area contributed by atoms with E-state index in [1.807, 2.05) is 0 Å². The summed E-state index contributed by atoms with van der Waals surface area (Å²) in [6, 6.07) is 2.04. The third kappa shape index (κ3) is 2.91. The highest BCUT2D eigenvalue weighted by Gasteiger charge is 2.22. The van der Waals surface area contributed by atoms with Gasteiger partial charge in [-0.2, -0.15) is 0 Å². The minimum Gasteiger partial charge on any atom is -0.478 e. The third-order valence-electron chi connectivity index (χ3n) is 2.26. The van der Waals surface area contributed by atoms with Gasteiger partial charge in [0.25, 0.3) is 10.9 Å². The molecule has 20 heavy (non-hydrogen) atoms. The number of oxazole rings is 1. The van der Waals surface area contributed by atoms with Crippen LogP contribution in [0, 0.1) is 17.0 Å². The van der Waals surface area contributed by atoms with Crippen LogP contribution in [-0.2, 0) is 0 Å². The monoisotopic (exact) mass is 314 g/mol. The van der Waals surface area contributed by atoms with Crippen molar-refractivity contribution in [3.05, 3.63) is 44.8 Å². The predicted octanol–water partition coefficient (Wildman–Crippen LogP) is 3.39. The molecule has 0 atom stereocenters. The number of aromatic nitrogens is 1. The van der Waals surface area contributed by atoms with Crippen molar-refractivity contribution in [3.63, 3.8) is 0 Å². The molecule has 104 valence electrons. The molecule has 0 saturated heterocycles. The van der Waals surface area contributed by atoms with Gasteiger partial charge in [0.15, 0.2) is 0 Å². The molecule has 0 aliphatic heterocycles. The van der Waals surface area contributed by atoms with Crippen LogP contribution >= 0.6 is 23.4 Å². The first-order chi connectivity index (χ1) is 9.38. The Kier molecular flexibility index (Phi) is 3.96. The van der Waals surface area contributed by atoms with E-state index in [1.165, 1.54) is 6.26 Å². The van der Waals surface area contributed by atoms with Gasteiger partial charge < -0.3 is 9.52 Å². The average molecular weight is 315 g/mol. The Morgan fingerprint density at radius 2 is 2.25 bits per heavy atom. The topological polar surface area (TPSA) is 106 Å².